The van der Waals surface area contributed by atoms with Crippen LogP contribution in [0.15, 0.2) is 65.3 Å². The molecule has 0 bridgehead atoms. The third-order valence-corrected chi connectivity index (χ3v) is 22.2. The van der Waals surface area contributed by atoms with Crippen LogP contribution in [0.5, 0.6) is 0 Å². The summed E-state index contributed by atoms with van der Waals surface area (Å²) in [5.41, 5.74) is 0.0967. The van der Waals surface area contributed by atoms with Gasteiger partial charge in [-0.25, -0.2) is 0 Å². The van der Waals surface area contributed by atoms with E-state index in [0.29, 0.717) is 60.4 Å². The number of nitrogens with one attached hydrogen (secondary N) is 1. The monoisotopic (exact) mass is 837 g/mol. The number of halogens is 4. The van der Waals surface area contributed by atoms with Gasteiger partial charge >= 0.3 is 6.18 Å². The molecule has 3 aromatic rings. The molecule has 0 radical (unpaired) electrons. The molecule has 0 saturated carbocycles. The van der Waals surface area contributed by atoms with Gasteiger partial charge in [0.05, 0.1) is 16.1 Å². The molecule has 8 nitrogen and oxygen atoms in total. The predicted molar refractivity (Wildman–Crippen MR) is 224 cm³/mol. The van der Waals surface area contributed by atoms with Crippen LogP contribution in [-0.4, -0.2) is 62.7 Å². The number of carbonyl (C=O) groups is 2. The largest absolute Gasteiger partial charge is 0.417 e. The molecule has 0 saturated heterocycles. The molecule has 2 amide bonds. The van der Waals surface area contributed by atoms with E-state index in [1.165, 1.54) is 18.5 Å². The number of amides is 2. The molecular weight excluding hydrogens is 783 g/mol. The summed E-state index contributed by atoms with van der Waals surface area (Å²) >= 11 is 5.69. The van der Waals surface area contributed by atoms with Crippen LogP contribution in [0.4, 0.5) is 18.9 Å². The van der Waals surface area contributed by atoms with Gasteiger partial charge in [-0.05, 0) is 91.6 Å². The minimum atomic E-state index is -4.71. The molecule has 0 atom stereocenters. The number of benzene rings is 2. The first-order valence-corrected chi connectivity index (χ1v) is 26.4. The van der Waals surface area contributed by atoms with Crippen LogP contribution in [0, 0.1) is 11.8 Å². The third kappa shape index (κ3) is 13.8. The lowest BCUT2D eigenvalue weighted by Gasteiger charge is -2.37. The number of nitrogens with zero attached hydrogens (tertiary/aromatic N) is 2. The van der Waals surface area contributed by atoms with Crippen LogP contribution in [0.2, 0.25) is 41.3 Å². The first-order valence-electron chi connectivity index (χ1n) is 18.1. The zero-order valence-corrected chi connectivity index (χ0v) is 37.1. The standard InChI is InChI=1S/C40H55ClF3N3O5SSi2/c1-38(2,3)54(7,8)51-20-12-22-53(50,23-13-21-52-55(9,10)39(4,5)6)47-37(49)32-24-30(27-45-28-32)17-16-29-14-11-15-33(25-29)46-36(48)31-18-19-35(41)34(26-31)40(42,43)44/h11,14-15,18-19,24-28,53H,12-13,20-23H2,1-10H3,(H,46,48)(H,47,49,50). The van der Waals surface area contributed by atoms with Crippen LogP contribution in [0.1, 0.15) is 91.8 Å². The quantitative estimate of drug-likeness (QED) is 0.0684. The Kier molecular flexibility index (Phi) is 15.5. The van der Waals surface area contributed by atoms with Crippen molar-refractivity contribution in [3.05, 3.63) is 93.8 Å². The zero-order chi connectivity index (χ0) is 41.5. The molecule has 2 N–H and O–H groups in total. The van der Waals surface area contributed by atoms with Gasteiger partial charge < -0.3 is 18.7 Å². The highest BCUT2D eigenvalue weighted by Crippen LogP contribution is 2.38. The lowest BCUT2D eigenvalue weighted by atomic mass is 10.1. The lowest BCUT2D eigenvalue weighted by Crippen LogP contribution is -2.41. The van der Waals surface area contributed by atoms with Gasteiger partial charge in [-0.2, -0.15) is 17.5 Å². The zero-order valence-electron chi connectivity index (χ0n) is 33.4. The molecule has 1 aromatic heterocycles. The number of thiol groups is 1. The van der Waals surface area contributed by atoms with Gasteiger partial charge in [0.15, 0.2) is 16.6 Å². The topological polar surface area (TPSA) is 110 Å². The first kappa shape index (κ1) is 46.2. The highest BCUT2D eigenvalue weighted by molar-refractivity contribution is 8.00. The summed E-state index contributed by atoms with van der Waals surface area (Å²) in [6, 6.07) is 11.0. The number of rotatable bonds is 13. The Hall–Kier alpha value is -3.17. The van der Waals surface area contributed by atoms with Gasteiger partial charge in [0.25, 0.3) is 11.8 Å². The van der Waals surface area contributed by atoms with Gasteiger partial charge in [0.2, 0.25) is 0 Å². The summed E-state index contributed by atoms with van der Waals surface area (Å²) in [4.78, 5) is 30.5. The Morgan fingerprint density at radius 2 is 1.40 bits per heavy atom. The van der Waals surface area contributed by atoms with E-state index in [1.54, 1.807) is 30.3 Å². The van der Waals surface area contributed by atoms with Crippen LogP contribution in [0.3, 0.4) is 0 Å². The van der Waals surface area contributed by atoms with E-state index in [0.717, 1.165) is 6.07 Å². The second kappa shape index (κ2) is 18.4. The molecule has 0 spiro atoms. The van der Waals surface area contributed by atoms with Crippen LogP contribution < -0.4 is 5.32 Å². The summed E-state index contributed by atoms with van der Waals surface area (Å²) in [5.74, 6) is 5.28. The Labute approximate surface area is 332 Å². The van der Waals surface area contributed by atoms with E-state index in [-0.39, 0.29) is 21.2 Å². The fourth-order valence-corrected chi connectivity index (χ4v) is 9.24. The van der Waals surface area contributed by atoms with Gasteiger partial charge in [0, 0.05) is 59.5 Å². The summed E-state index contributed by atoms with van der Waals surface area (Å²) in [5, 5.41) is 2.18. The second-order valence-electron chi connectivity index (χ2n) is 16.6. The van der Waals surface area contributed by atoms with Crippen molar-refractivity contribution < 1.29 is 36.2 Å². The van der Waals surface area contributed by atoms with Crippen molar-refractivity contribution in [1.29, 1.82) is 0 Å². The molecule has 0 unspecified atom stereocenters. The van der Waals surface area contributed by atoms with Crippen LogP contribution >= 0.6 is 11.6 Å². The molecule has 55 heavy (non-hydrogen) atoms. The Bertz CT molecular complexity index is 1930. The molecule has 302 valence electrons. The summed E-state index contributed by atoms with van der Waals surface area (Å²) in [7, 11) is -7.06. The lowest BCUT2D eigenvalue weighted by molar-refractivity contribution is -0.137. The van der Waals surface area contributed by atoms with E-state index >= 15 is 0 Å². The molecule has 0 aliphatic heterocycles. The van der Waals surface area contributed by atoms with Crippen molar-refractivity contribution >= 4 is 55.8 Å². The molecule has 0 aliphatic rings. The first-order chi connectivity index (χ1) is 25.2. The Balaban J connectivity index is 1.79. The molecule has 15 heteroatoms. The smallest absolute Gasteiger partial charge is 0.417 e. The van der Waals surface area contributed by atoms with Crippen LogP contribution in [-0.2, 0) is 25.1 Å². The van der Waals surface area contributed by atoms with Crippen molar-refractivity contribution in [2.24, 2.45) is 4.36 Å². The number of hydrogen-bond acceptors (Lipinski definition) is 5. The van der Waals surface area contributed by atoms with Crippen molar-refractivity contribution in [2.75, 3.05) is 30.0 Å². The molecule has 3 rings (SSSR count). The highest BCUT2D eigenvalue weighted by atomic mass is 35.5. The number of hydrogen-bond donors (Lipinski definition) is 3. The number of anilines is 1. The normalized spacial score (nSPS) is 13.1. The number of alkyl halides is 3. The van der Waals surface area contributed by atoms with Crippen molar-refractivity contribution in [3.8, 4) is 11.8 Å². The second-order valence-corrected chi connectivity index (χ2v) is 29.5. The van der Waals surface area contributed by atoms with Gasteiger partial charge in [-0.15, -0.1) is 10.1 Å². The van der Waals surface area contributed by atoms with Gasteiger partial charge in [0.1, 0.15) is 0 Å². The van der Waals surface area contributed by atoms with Crippen molar-refractivity contribution in [1.82, 2.24) is 4.98 Å². The van der Waals surface area contributed by atoms with E-state index in [1.807, 2.05) is 0 Å². The Morgan fingerprint density at radius 1 is 0.836 bits per heavy atom. The molecule has 1 heterocycles. The fourth-order valence-electron chi connectivity index (χ4n) is 4.69. The third-order valence-electron chi connectivity index (χ3n) is 10.1. The Morgan fingerprint density at radius 3 is 1.95 bits per heavy atom. The van der Waals surface area contributed by atoms with E-state index in [9.17, 15) is 27.3 Å². The minimum Gasteiger partial charge on any atom is -0.417 e. The number of pyridine rings is 1. The summed E-state index contributed by atoms with van der Waals surface area (Å²) in [6.07, 6.45) is -0.704. The van der Waals surface area contributed by atoms with E-state index in [4.69, 9.17) is 20.5 Å². The van der Waals surface area contributed by atoms with Crippen molar-refractivity contribution in [3.63, 3.8) is 0 Å². The van der Waals surface area contributed by atoms with Crippen LogP contribution in [0.25, 0.3) is 0 Å². The minimum absolute atomic E-state index is 0.0464. The van der Waals surface area contributed by atoms with Crippen molar-refractivity contribution in [2.45, 2.75) is 96.8 Å². The molecular formula is C40H55ClF3N3O5SSi2. The predicted octanol–water partition coefficient (Wildman–Crippen LogP) is 10.9. The summed E-state index contributed by atoms with van der Waals surface area (Å²) in [6.45, 7) is 22.7. The van der Waals surface area contributed by atoms with E-state index < -0.39 is 55.3 Å². The number of aromatic nitrogens is 1. The molecule has 2 aromatic carbocycles. The number of carbonyl (C=O) groups excluding carboxylic acids is 2. The maximum absolute atomic E-state index is 13.5. The molecule has 0 fully saturated rings. The highest BCUT2D eigenvalue weighted by Gasteiger charge is 2.38. The fraction of sp³-hybridized carbons (Fsp3) is 0.475. The SMILES string of the molecule is CC(C)(C)[Si](C)(C)OCCC[SH](O)(CCCO[Si](C)(C)C(C)(C)C)=NC(=O)c1cncc(C#Cc2cccc(NC(=O)c3ccc(Cl)c(C(F)(F)F)c3)c2)c1. The maximum Gasteiger partial charge on any atom is 0.417 e. The van der Waals surface area contributed by atoms with E-state index in [2.05, 4.69) is 94.2 Å². The van der Waals surface area contributed by atoms with Gasteiger partial charge in [-0.3, -0.25) is 14.6 Å². The summed E-state index contributed by atoms with van der Waals surface area (Å²) < 4.78 is 68.9. The van der Waals surface area contributed by atoms with Gasteiger partial charge in [-0.1, -0.05) is 71.1 Å². The maximum atomic E-state index is 13.5. The average molecular weight is 839 g/mol. The average Bonchev–Trinajstić information content (AvgIpc) is 3.07. The molecule has 0 aliphatic carbocycles.